The highest BCUT2D eigenvalue weighted by molar-refractivity contribution is 7.09. The second kappa shape index (κ2) is 12.6. The van der Waals surface area contributed by atoms with E-state index in [9.17, 15) is 14.4 Å². The number of hydrogen-bond acceptors (Lipinski definition) is 6. The molecule has 9 heteroatoms. The van der Waals surface area contributed by atoms with Gasteiger partial charge in [0, 0.05) is 43.9 Å². The van der Waals surface area contributed by atoms with Crippen LogP contribution in [-0.4, -0.2) is 61.1 Å². The van der Waals surface area contributed by atoms with Crippen molar-refractivity contribution >= 4 is 29.2 Å². The molecule has 2 N–H and O–H groups in total. The summed E-state index contributed by atoms with van der Waals surface area (Å²) in [5.41, 5.74) is 1.89. The van der Waals surface area contributed by atoms with Crippen LogP contribution in [0.4, 0.5) is 4.79 Å². The Hall–Kier alpha value is -2.42. The monoisotopic (exact) mass is 462 g/mol. The number of nitrogens with one attached hydrogen (secondary N) is 2. The van der Waals surface area contributed by atoms with E-state index in [2.05, 4.69) is 26.4 Å². The average Bonchev–Trinajstić information content (AvgIpc) is 3.33. The SMILES string of the molecule is COC(=O)CCCNC(=O)c1csc(C2CCN(C(=O)NCCC3=CCCCC3)CC2)n1. The van der Waals surface area contributed by atoms with Crippen LogP contribution in [-0.2, 0) is 9.53 Å². The van der Waals surface area contributed by atoms with Gasteiger partial charge < -0.3 is 20.3 Å². The number of nitrogens with zero attached hydrogens (tertiary/aromatic N) is 2. The second-order valence-electron chi connectivity index (χ2n) is 8.36. The number of esters is 1. The molecule has 2 aliphatic rings. The molecule has 0 bridgehead atoms. The number of thiazole rings is 1. The summed E-state index contributed by atoms with van der Waals surface area (Å²) in [5.74, 6) is -0.226. The highest BCUT2D eigenvalue weighted by Gasteiger charge is 2.26. The zero-order chi connectivity index (χ0) is 22.8. The Kier molecular flexibility index (Phi) is 9.52. The lowest BCUT2D eigenvalue weighted by Crippen LogP contribution is -2.44. The zero-order valence-corrected chi connectivity index (χ0v) is 19.7. The highest BCUT2D eigenvalue weighted by atomic mass is 32.1. The molecule has 0 radical (unpaired) electrons. The van der Waals surface area contributed by atoms with Crippen LogP contribution in [0.25, 0.3) is 0 Å². The maximum atomic E-state index is 12.5. The molecule has 2 heterocycles. The lowest BCUT2D eigenvalue weighted by atomic mass is 9.97. The molecule has 0 atom stereocenters. The van der Waals surface area contributed by atoms with Crippen molar-refractivity contribution in [1.82, 2.24) is 20.5 Å². The van der Waals surface area contributed by atoms with E-state index >= 15 is 0 Å². The Bertz CT molecular complexity index is 815. The van der Waals surface area contributed by atoms with Crippen LogP contribution in [0.5, 0.6) is 0 Å². The van der Waals surface area contributed by atoms with Crippen molar-refractivity contribution in [3.05, 3.63) is 27.7 Å². The Morgan fingerprint density at radius 3 is 2.72 bits per heavy atom. The van der Waals surface area contributed by atoms with Gasteiger partial charge in [0.1, 0.15) is 5.69 Å². The standard InChI is InChI=1S/C23H34N4O4S/c1-31-20(28)8-5-12-24-21(29)19-16-32-22(26-19)18-10-14-27(15-11-18)23(30)25-13-9-17-6-3-2-4-7-17/h6,16,18H,2-5,7-15H2,1H3,(H,24,29)(H,25,30). The summed E-state index contributed by atoms with van der Waals surface area (Å²) in [6.07, 6.45) is 10.7. The highest BCUT2D eigenvalue weighted by Crippen LogP contribution is 2.30. The van der Waals surface area contributed by atoms with E-state index in [1.807, 2.05) is 4.90 Å². The van der Waals surface area contributed by atoms with Crippen molar-refractivity contribution in [3.63, 3.8) is 0 Å². The number of rotatable bonds is 9. The van der Waals surface area contributed by atoms with Crippen LogP contribution in [0.2, 0.25) is 0 Å². The summed E-state index contributed by atoms with van der Waals surface area (Å²) >= 11 is 1.50. The van der Waals surface area contributed by atoms with E-state index in [0.29, 0.717) is 38.3 Å². The van der Waals surface area contributed by atoms with Gasteiger partial charge in [0.25, 0.3) is 5.91 Å². The number of urea groups is 1. The van der Waals surface area contributed by atoms with E-state index in [4.69, 9.17) is 0 Å². The first-order valence-electron chi connectivity index (χ1n) is 11.6. The zero-order valence-electron chi connectivity index (χ0n) is 18.9. The lowest BCUT2D eigenvalue weighted by Gasteiger charge is -2.31. The van der Waals surface area contributed by atoms with Gasteiger partial charge in [0.05, 0.1) is 12.1 Å². The summed E-state index contributed by atoms with van der Waals surface area (Å²) < 4.78 is 4.59. The molecule has 1 saturated heterocycles. The number of piperidine rings is 1. The lowest BCUT2D eigenvalue weighted by molar-refractivity contribution is -0.140. The van der Waals surface area contributed by atoms with Crippen molar-refractivity contribution < 1.29 is 19.1 Å². The van der Waals surface area contributed by atoms with Crippen molar-refractivity contribution in [3.8, 4) is 0 Å². The molecular formula is C23H34N4O4S. The molecule has 32 heavy (non-hydrogen) atoms. The number of methoxy groups -OCH3 is 1. The number of allylic oxidation sites excluding steroid dienone is 1. The third-order valence-electron chi connectivity index (χ3n) is 6.06. The van der Waals surface area contributed by atoms with E-state index in [1.54, 1.807) is 5.38 Å². The Balaban J connectivity index is 1.36. The predicted octanol–water partition coefficient (Wildman–Crippen LogP) is 3.61. The molecule has 1 aliphatic heterocycles. The minimum atomic E-state index is -0.281. The number of ether oxygens (including phenoxy) is 1. The average molecular weight is 463 g/mol. The third kappa shape index (κ3) is 7.32. The van der Waals surface area contributed by atoms with Gasteiger partial charge in [-0.15, -0.1) is 11.3 Å². The number of carbonyl (C=O) groups is 3. The molecule has 1 aliphatic carbocycles. The van der Waals surface area contributed by atoms with E-state index in [-0.39, 0.29) is 30.2 Å². The molecule has 3 rings (SSSR count). The van der Waals surface area contributed by atoms with E-state index in [1.165, 1.54) is 49.7 Å². The minimum absolute atomic E-state index is 0.0195. The number of carbonyl (C=O) groups excluding carboxylic acids is 3. The molecule has 8 nitrogen and oxygen atoms in total. The van der Waals surface area contributed by atoms with Crippen LogP contribution in [0, 0.1) is 0 Å². The van der Waals surface area contributed by atoms with Crippen LogP contribution in [0.1, 0.15) is 79.2 Å². The topological polar surface area (TPSA) is 101 Å². The Morgan fingerprint density at radius 2 is 2.00 bits per heavy atom. The molecule has 0 spiro atoms. The minimum Gasteiger partial charge on any atom is -0.469 e. The van der Waals surface area contributed by atoms with Crippen molar-refractivity contribution in [2.24, 2.45) is 0 Å². The van der Waals surface area contributed by atoms with Crippen LogP contribution >= 0.6 is 11.3 Å². The summed E-state index contributed by atoms with van der Waals surface area (Å²) in [6, 6.07) is 0.0195. The smallest absolute Gasteiger partial charge is 0.317 e. The molecule has 0 aromatic carbocycles. The van der Waals surface area contributed by atoms with Gasteiger partial charge in [-0.05, 0) is 51.4 Å². The van der Waals surface area contributed by atoms with Crippen LogP contribution in [0.3, 0.4) is 0 Å². The first-order valence-corrected chi connectivity index (χ1v) is 12.5. The summed E-state index contributed by atoms with van der Waals surface area (Å²) in [6.45, 7) is 2.52. The van der Waals surface area contributed by atoms with Crippen LogP contribution < -0.4 is 10.6 Å². The van der Waals surface area contributed by atoms with Crippen molar-refractivity contribution in [2.75, 3.05) is 33.3 Å². The number of likely N-dealkylation sites (tertiary alicyclic amines) is 1. The summed E-state index contributed by atoms with van der Waals surface area (Å²) in [7, 11) is 1.35. The fourth-order valence-electron chi connectivity index (χ4n) is 4.11. The fraction of sp³-hybridized carbons (Fsp3) is 0.652. The van der Waals surface area contributed by atoms with Gasteiger partial charge in [-0.1, -0.05) is 11.6 Å². The summed E-state index contributed by atoms with van der Waals surface area (Å²) in [4.78, 5) is 42.2. The van der Waals surface area contributed by atoms with Gasteiger partial charge in [0.2, 0.25) is 0 Å². The first kappa shape index (κ1) is 24.2. The molecule has 0 saturated carbocycles. The Morgan fingerprint density at radius 1 is 1.19 bits per heavy atom. The molecule has 176 valence electrons. The second-order valence-corrected chi connectivity index (χ2v) is 9.25. The maximum Gasteiger partial charge on any atom is 0.317 e. The molecular weight excluding hydrogens is 428 g/mol. The van der Waals surface area contributed by atoms with Crippen molar-refractivity contribution in [1.29, 1.82) is 0 Å². The molecule has 1 aromatic heterocycles. The third-order valence-corrected chi connectivity index (χ3v) is 7.07. The van der Waals surface area contributed by atoms with Gasteiger partial charge in [-0.25, -0.2) is 9.78 Å². The molecule has 0 unspecified atom stereocenters. The molecule has 1 fully saturated rings. The van der Waals surface area contributed by atoms with Gasteiger partial charge in [0.15, 0.2) is 0 Å². The number of amides is 3. The van der Waals surface area contributed by atoms with Gasteiger partial charge >= 0.3 is 12.0 Å². The number of hydrogen-bond donors (Lipinski definition) is 2. The van der Waals surface area contributed by atoms with Crippen molar-refractivity contribution in [2.45, 2.75) is 63.7 Å². The number of aromatic nitrogens is 1. The Labute approximate surface area is 193 Å². The predicted molar refractivity (Wildman–Crippen MR) is 124 cm³/mol. The van der Waals surface area contributed by atoms with Crippen LogP contribution in [0.15, 0.2) is 17.0 Å². The normalized spacial score (nSPS) is 16.9. The van der Waals surface area contributed by atoms with Gasteiger partial charge in [-0.3, -0.25) is 9.59 Å². The summed E-state index contributed by atoms with van der Waals surface area (Å²) in [5, 5.41) is 8.59. The molecule has 1 aromatic rings. The van der Waals surface area contributed by atoms with E-state index in [0.717, 1.165) is 24.3 Å². The maximum absolute atomic E-state index is 12.5. The quantitative estimate of drug-likeness (QED) is 0.332. The van der Waals surface area contributed by atoms with E-state index < -0.39 is 0 Å². The largest absolute Gasteiger partial charge is 0.469 e. The van der Waals surface area contributed by atoms with Gasteiger partial charge in [-0.2, -0.15) is 0 Å². The first-order chi connectivity index (χ1) is 15.6. The fourth-order valence-corrected chi connectivity index (χ4v) is 5.08. The molecule has 3 amide bonds.